The summed E-state index contributed by atoms with van der Waals surface area (Å²) in [7, 11) is 1.61. The van der Waals surface area contributed by atoms with E-state index in [4.69, 9.17) is 13.9 Å². The molecule has 24 heavy (non-hydrogen) atoms. The van der Waals surface area contributed by atoms with Crippen molar-refractivity contribution in [1.29, 1.82) is 0 Å². The molecule has 0 aromatic carbocycles. The molecule has 1 aromatic heterocycles. The van der Waals surface area contributed by atoms with E-state index in [0.29, 0.717) is 39.4 Å². The minimum absolute atomic E-state index is 0.0254. The van der Waals surface area contributed by atoms with Gasteiger partial charge in [0.15, 0.2) is 0 Å². The Hall–Kier alpha value is -2.02. The summed E-state index contributed by atoms with van der Waals surface area (Å²) in [6.45, 7) is 4.52. The summed E-state index contributed by atoms with van der Waals surface area (Å²) in [5.74, 6) is 0.546. The van der Waals surface area contributed by atoms with Crippen LogP contribution in [0, 0.1) is 5.92 Å². The number of hydrogen-bond donors (Lipinski definition) is 0. The van der Waals surface area contributed by atoms with Gasteiger partial charge in [0, 0.05) is 26.7 Å². The first-order valence-corrected chi connectivity index (χ1v) is 8.37. The van der Waals surface area contributed by atoms with Crippen molar-refractivity contribution >= 4 is 12.0 Å². The van der Waals surface area contributed by atoms with Gasteiger partial charge in [-0.25, -0.2) is 4.79 Å². The normalized spacial score (nSPS) is 17.6. The molecule has 1 unspecified atom stereocenters. The molecule has 1 atom stereocenters. The van der Waals surface area contributed by atoms with Gasteiger partial charge in [0.2, 0.25) is 5.91 Å². The second kappa shape index (κ2) is 9.32. The number of methoxy groups -OCH3 is 1. The van der Waals surface area contributed by atoms with E-state index >= 15 is 0 Å². The topological polar surface area (TPSA) is 72.2 Å². The maximum absolute atomic E-state index is 12.9. The van der Waals surface area contributed by atoms with Gasteiger partial charge in [0.25, 0.3) is 0 Å². The van der Waals surface area contributed by atoms with Crippen LogP contribution in [0.25, 0.3) is 0 Å². The first kappa shape index (κ1) is 18.3. The van der Waals surface area contributed by atoms with E-state index in [1.807, 2.05) is 6.07 Å². The molecule has 0 bridgehead atoms. The van der Waals surface area contributed by atoms with Crippen molar-refractivity contribution in [2.24, 2.45) is 5.92 Å². The molecule has 1 saturated heterocycles. The number of nitrogens with zero attached hydrogens (tertiary/aromatic N) is 2. The molecule has 0 radical (unpaired) electrons. The van der Waals surface area contributed by atoms with Crippen molar-refractivity contribution in [2.45, 2.75) is 26.3 Å². The Bertz CT molecular complexity index is 517. The number of carbonyl (C=O) groups excluding carboxylic acids is 2. The molecule has 0 saturated carbocycles. The summed E-state index contributed by atoms with van der Waals surface area (Å²) < 4.78 is 15.5. The summed E-state index contributed by atoms with van der Waals surface area (Å²) in [4.78, 5) is 28.2. The minimum Gasteiger partial charge on any atom is -0.467 e. The molecule has 7 nitrogen and oxygen atoms in total. The smallest absolute Gasteiger partial charge is 0.409 e. The molecule has 2 heterocycles. The van der Waals surface area contributed by atoms with Gasteiger partial charge >= 0.3 is 6.09 Å². The lowest BCUT2D eigenvalue weighted by atomic mass is 9.96. The van der Waals surface area contributed by atoms with Gasteiger partial charge in [-0.15, -0.1) is 0 Å². The highest BCUT2D eigenvalue weighted by Gasteiger charge is 2.32. The maximum Gasteiger partial charge on any atom is 0.409 e. The number of ether oxygens (including phenoxy) is 2. The lowest BCUT2D eigenvalue weighted by Crippen LogP contribution is -2.47. The van der Waals surface area contributed by atoms with Gasteiger partial charge in [-0.2, -0.15) is 0 Å². The molecule has 0 N–H and O–H groups in total. The lowest BCUT2D eigenvalue weighted by Gasteiger charge is -2.34. The van der Waals surface area contributed by atoms with E-state index in [0.717, 1.165) is 18.6 Å². The third kappa shape index (κ3) is 4.99. The number of rotatable bonds is 7. The van der Waals surface area contributed by atoms with Crippen LogP contribution in [0.2, 0.25) is 0 Å². The van der Waals surface area contributed by atoms with Crippen molar-refractivity contribution in [1.82, 2.24) is 9.80 Å². The molecule has 1 fully saturated rings. The molecular weight excluding hydrogens is 312 g/mol. The van der Waals surface area contributed by atoms with Gasteiger partial charge in [0.05, 0.1) is 31.9 Å². The van der Waals surface area contributed by atoms with Crippen LogP contribution in [0.5, 0.6) is 0 Å². The largest absolute Gasteiger partial charge is 0.467 e. The zero-order valence-corrected chi connectivity index (χ0v) is 14.4. The summed E-state index contributed by atoms with van der Waals surface area (Å²) in [6.07, 6.45) is 2.83. The van der Waals surface area contributed by atoms with Crippen LogP contribution in [0.4, 0.5) is 4.79 Å². The number of carbonyl (C=O) groups is 2. The maximum atomic E-state index is 12.9. The number of amides is 2. The Balaban J connectivity index is 2.00. The van der Waals surface area contributed by atoms with Crippen molar-refractivity contribution in [2.75, 3.05) is 40.0 Å². The zero-order valence-electron chi connectivity index (χ0n) is 14.4. The monoisotopic (exact) mass is 338 g/mol. The lowest BCUT2D eigenvalue weighted by molar-refractivity contribution is -0.138. The molecular formula is C17H26N2O5. The van der Waals surface area contributed by atoms with Crippen LogP contribution in [0.1, 0.15) is 25.5 Å². The molecule has 0 spiro atoms. The van der Waals surface area contributed by atoms with Crippen LogP contribution in [-0.4, -0.2) is 61.8 Å². The van der Waals surface area contributed by atoms with Crippen molar-refractivity contribution < 1.29 is 23.5 Å². The molecule has 1 aliphatic rings. The van der Waals surface area contributed by atoms with Crippen LogP contribution in [0.3, 0.4) is 0 Å². The van der Waals surface area contributed by atoms with Gasteiger partial charge < -0.3 is 23.7 Å². The van der Waals surface area contributed by atoms with E-state index in [2.05, 4.69) is 0 Å². The first-order valence-electron chi connectivity index (χ1n) is 8.37. The highest BCUT2D eigenvalue weighted by molar-refractivity contribution is 5.80. The van der Waals surface area contributed by atoms with E-state index in [-0.39, 0.29) is 17.9 Å². The fraction of sp³-hybridized carbons (Fsp3) is 0.647. The van der Waals surface area contributed by atoms with E-state index in [1.165, 1.54) is 0 Å². The minimum atomic E-state index is -0.343. The summed E-state index contributed by atoms with van der Waals surface area (Å²) in [5.41, 5.74) is 0. The highest BCUT2D eigenvalue weighted by Crippen LogP contribution is 2.21. The predicted octanol–water partition coefficient (Wildman–Crippen LogP) is 2.12. The third-order valence-electron chi connectivity index (χ3n) is 4.10. The van der Waals surface area contributed by atoms with Crippen LogP contribution < -0.4 is 0 Å². The second-order valence-corrected chi connectivity index (χ2v) is 5.82. The molecule has 2 amide bonds. The first-order chi connectivity index (χ1) is 11.7. The SMILES string of the molecule is CCOC(=O)N1CCCC(C(=O)N(CCOC)Cc2ccco2)C1. The van der Waals surface area contributed by atoms with Crippen molar-refractivity contribution in [3.8, 4) is 0 Å². The van der Waals surface area contributed by atoms with Crippen molar-refractivity contribution in [3.05, 3.63) is 24.2 Å². The Kier molecular flexibility index (Phi) is 7.11. The van der Waals surface area contributed by atoms with Gasteiger partial charge in [-0.3, -0.25) is 4.79 Å². The van der Waals surface area contributed by atoms with E-state index < -0.39 is 0 Å². The summed E-state index contributed by atoms with van der Waals surface area (Å²) >= 11 is 0. The fourth-order valence-electron chi connectivity index (χ4n) is 2.88. The Morgan fingerprint density at radius 3 is 2.96 bits per heavy atom. The summed E-state index contributed by atoms with van der Waals surface area (Å²) in [6, 6.07) is 3.65. The number of hydrogen-bond acceptors (Lipinski definition) is 5. The Morgan fingerprint density at radius 2 is 2.29 bits per heavy atom. The fourth-order valence-corrected chi connectivity index (χ4v) is 2.88. The number of likely N-dealkylation sites (tertiary alicyclic amines) is 1. The van der Waals surface area contributed by atoms with Gasteiger partial charge in [0.1, 0.15) is 5.76 Å². The van der Waals surface area contributed by atoms with E-state index in [9.17, 15) is 9.59 Å². The van der Waals surface area contributed by atoms with Crippen LogP contribution in [0.15, 0.2) is 22.8 Å². The molecule has 1 aromatic rings. The highest BCUT2D eigenvalue weighted by atomic mass is 16.6. The Labute approximate surface area is 142 Å². The number of furan rings is 1. The standard InChI is InChI=1S/C17H26N2O5/c1-3-23-17(21)19-8-4-6-14(12-19)16(20)18(9-11-22-2)13-15-7-5-10-24-15/h5,7,10,14H,3-4,6,8-9,11-13H2,1-2H3. The van der Waals surface area contributed by atoms with E-state index in [1.54, 1.807) is 36.2 Å². The molecule has 134 valence electrons. The Morgan fingerprint density at radius 1 is 1.46 bits per heavy atom. The molecule has 1 aliphatic heterocycles. The van der Waals surface area contributed by atoms with Crippen LogP contribution in [-0.2, 0) is 20.8 Å². The zero-order chi connectivity index (χ0) is 17.4. The third-order valence-corrected chi connectivity index (χ3v) is 4.10. The average Bonchev–Trinajstić information content (AvgIpc) is 3.11. The molecule has 2 rings (SSSR count). The van der Waals surface area contributed by atoms with Crippen LogP contribution >= 0.6 is 0 Å². The summed E-state index contributed by atoms with van der Waals surface area (Å²) in [5, 5.41) is 0. The molecule has 7 heteroatoms. The second-order valence-electron chi connectivity index (χ2n) is 5.82. The van der Waals surface area contributed by atoms with Gasteiger partial charge in [-0.05, 0) is 31.9 Å². The van der Waals surface area contributed by atoms with Gasteiger partial charge in [-0.1, -0.05) is 0 Å². The average molecular weight is 338 g/mol. The predicted molar refractivity (Wildman–Crippen MR) is 87.3 cm³/mol. The quantitative estimate of drug-likeness (QED) is 0.761. The number of piperidine rings is 1. The van der Waals surface area contributed by atoms with Crippen molar-refractivity contribution in [3.63, 3.8) is 0 Å². The molecule has 0 aliphatic carbocycles.